The first-order valence-electron chi connectivity index (χ1n) is 8.29. The largest absolute Gasteiger partial charge is 0.489 e. The van der Waals surface area contributed by atoms with Gasteiger partial charge in [0.25, 0.3) is 0 Å². The van der Waals surface area contributed by atoms with Gasteiger partial charge in [-0.05, 0) is 36.5 Å². The van der Waals surface area contributed by atoms with E-state index in [9.17, 15) is 0 Å². The molecule has 23 heavy (non-hydrogen) atoms. The molecule has 0 radical (unpaired) electrons. The third-order valence-corrected chi connectivity index (χ3v) is 4.61. The first-order valence-corrected chi connectivity index (χ1v) is 8.66. The first-order chi connectivity index (χ1) is 11.3. The Hall–Kier alpha value is -1.62. The maximum atomic E-state index is 6.32. The molecule has 3 rings (SSSR count). The number of nitrogens with zero attached hydrogens (tertiary/aromatic N) is 1. The Morgan fingerprint density at radius 2 is 2.04 bits per heavy atom. The molecular weight excluding hydrogens is 314 g/mol. The summed E-state index contributed by atoms with van der Waals surface area (Å²) in [5, 5.41) is 7.30. The van der Waals surface area contributed by atoms with E-state index in [0.29, 0.717) is 30.5 Å². The molecule has 126 valence electrons. The van der Waals surface area contributed by atoms with E-state index in [4.69, 9.17) is 21.1 Å². The number of rotatable bonds is 4. The summed E-state index contributed by atoms with van der Waals surface area (Å²) in [6, 6.07) is 3.90. The number of nitrogens with one attached hydrogen (secondary N) is 2. The lowest BCUT2D eigenvalue weighted by Crippen LogP contribution is -2.40. The van der Waals surface area contributed by atoms with Crippen LogP contribution < -0.4 is 20.1 Å². The Morgan fingerprint density at radius 3 is 2.78 bits per heavy atom. The maximum absolute atomic E-state index is 6.32. The lowest BCUT2D eigenvalue weighted by molar-refractivity contribution is 0.297. The van der Waals surface area contributed by atoms with Gasteiger partial charge in [-0.2, -0.15) is 0 Å². The number of aliphatic imine (C=N–C) groups is 1. The fourth-order valence-corrected chi connectivity index (χ4v) is 3.02. The van der Waals surface area contributed by atoms with Crippen LogP contribution in [-0.2, 0) is 6.54 Å². The van der Waals surface area contributed by atoms with Gasteiger partial charge in [0, 0.05) is 26.6 Å². The molecule has 1 heterocycles. The maximum Gasteiger partial charge on any atom is 0.191 e. The van der Waals surface area contributed by atoms with Crippen molar-refractivity contribution in [1.82, 2.24) is 10.6 Å². The number of hydrogen-bond acceptors (Lipinski definition) is 3. The third kappa shape index (κ3) is 4.22. The Bertz CT molecular complexity index is 573. The summed E-state index contributed by atoms with van der Waals surface area (Å²) in [4.78, 5) is 4.26. The molecule has 0 aromatic heterocycles. The number of benzene rings is 1. The number of hydrogen-bond donors (Lipinski definition) is 2. The van der Waals surface area contributed by atoms with Gasteiger partial charge >= 0.3 is 0 Å². The topological polar surface area (TPSA) is 54.9 Å². The third-order valence-electron chi connectivity index (χ3n) is 4.33. The van der Waals surface area contributed by atoms with Crippen molar-refractivity contribution in [3.8, 4) is 11.5 Å². The van der Waals surface area contributed by atoms with E-state index in [1.54, 1.807) is 7.05 Å². The summed E-state index contributed by atoms with van der Waals surface area (Å²) >= 11 is 6.32. The van der Waals surface area contributed by atoms with Crippen LogP contribution in [0.1, 0.15) is 31.2 Å². The highest BCUT2D eigenvalue weighted by Gasteiger charge is 2.18. The lowest BCUT2D eigenvalue weighted by Gasteiger charge is -2.26. The van der Waals surface area contributed by atoms with Gasteiger partial charge in [0.2, 0.25) is 0 Å². The molecule has 0 saturated heterocycles. The molecule has 1 aromatic rings. The van der Waals surface area contributed by atoms with Crippen LogP contribution in [0.4, 0.5) is 0 Å². The van der Waals surface area contributed by atoms with Crippen LogP contribution in [0.25, 0.3) is 0 Å². The monoisotopic (exact) mass is 337 g/mol. The molecule has 1 fully saturated rings. The molecule has 0 amide bonds. The van der Waals surface area contributed by atoms with Crippen molar-refractivity contribution >= 4 is 17.6 Å². The van der Waals surface area contributed by atoms with Crippen LogP contribution in [0.2, 0.25) is 5.02 Å². The predicted octanol–water partition coefficient (Wildman–Crippen LogP) is 2.97. The zero-order valence-electron chi connectivity index (χ0n) is 13.5. The Morgan fingerprint density at radius 1 is 1.22 bits per heavy atom. The molecule has 1 aromatic carbocycles. The highest BCUT2D eigenvalue weighted by atomic mass is 35.5. The minimum atomic E-state index is 0.596. The molecule has 0 unspecified atom stereocenters. The van der Waals surface area contributed by atoms with E-state index in [2.05, 4.69) is 15.6 Å². The summed E-state index contributed by atoms with van der Waals surface area (Å²) < 4.78 is 11.4. The molecule has 0 atom stereocenters. The Labute approximate surface area is 142 Å². The molecule has 0 bridgehead atoms. The first kappa shape index (κ1) is 16.2. The average molecular weight is 338 g/mol. The van der Waals surface area contributed by atoms with Crippen LogP contribution in [0.3, 0.4) is 0 Å². The van der Waals surface area contributed by atoms with Crippen molar-refractivity contribution in [2.24, 2.45) is 10.9 Å². The molecule has 0 spiro atoms. The number of fused-ring (bicyclic) bond motifs is 1. The lowest BCUT2D eigenvalue weighted by atomic mass is 9.85. The highest BCUT2D eigenvalue weighted by molar-refractivity contribution is 6.32. The van der Waals surface area contributed by atoms with E-state index in [0.717, 1.165) is 36.2 Å². The van der Waals surface area contributed by atoms with E-state index >= 15 is 0 Å². The number of ether oxygens (including phenoxy) is 2. The Kier molecular flexibility index (Phi) is 5.49. The van der Waals surface area contributed by atoms with Crippen molar-refractivity contribution in [2.75, 3.05) is 26.8 Å². The molecular formula is C17H24ClN3O2. The summed E-state index contributed by atoms with van der Waals surface area (Å²) in [6.45, 7) is 2.93. The number of halogens is 1. The van der Waals surface area contributed by atoms with E-state index in [1.807, 2.05) is 12.1 Å². The van der Waals surface area contributed by atoms with Crippen LogP contribution in [0.15, 0.2) is 17.1 Å². The van der Waals surface area contributed by atoms with Gasteiger partial charge in [-0.25, -0.2) is 0 Å². The van der Waals surface area contributed by atoms with Crippen LogP contribution in [0.5, 0.6) is 11.5 Å². The normalized spacial score (nSPS) is 18.1. The smallest absolute Gasteiger partial charge is 0.191 e. The summed E-state index contributed by atoms with van der Waals surface area (Å²) in [7, 11) is 1.79. The second-order valence-electron chi connectivity index (χ2n) is 6.06. The van der Waals surface area contributed by atoms with Gasteiger partial charge in [0.05, 0.1) is 18.2 Å². The van der Waals surface area contributed by atoms with Crippen molar-refractivity contribution in [1.29, 1.82) is 0 Å². The second-order valence-corrected chi connectivity index (χ2v) is 6.47. The van der Waals surface area contributed by atoms with Crippen LogP contribution in [0, 0.1) is 5.92 Å². The van der Waals surface area contributed by atoms with E-state index in [1.165, 1.54) is 19.3 Å². The molecule has 1 aliphatic heterocycles. The van der Waals surface area contributed by atoms with Gasteiger partial charge in [0.1, 0.15) is 0 Å². The number of guanidine groups is 1. The SMILES string of the molecule is CN=C(NCc1cc(Cl)c2c(c1)OCCCO2)NCC1CCC1. The van der Waals surface area contributed by atoms with Crippen LogP contribution in [-0.4, -0.2) is 32.8 Å². The fraction of sp³-hybridized carbons (Fsp3) is 0.588. The molecule has 2 N–H and O–H groups in total. The molecule has 1 saturated carbocycles. The molecule has 6 heteroatoms. The standard InChI is InChI=1S/C17H24ClN3O2/c1-19-17(20-10-12-4-2-5-12)21-11-13-8-14(18)16-15(9-13)22-6-3-7-23-16/h8-9,12H,2-7,10-11H2,1H3,(H2,19,20,21). The van der Waals surface area contributed by atoms with Gasteiger partial charge < -0.3 is 20.1 Å². The van der Waals surface area contributed by atoms with Gasteiger partial charge in [-0.15, -0.1) is 0 Å². The highest BCUT2D eigenvalue weighted by Crippen LogP contribution is 2.37. The quantitative estimate of drug-likeness (QED) is 0.655. The van der Waals surface area contributed by atoms with Crippen molar-refractivity contribution in [2.45, 2.75) is 32.2 Å². The van der Waals surface area contributed by atoms with E-state index < -0.39 is 0 Å². The minimum Gasteiger partial charge on any atom is -0.489 e. The second kappa shape index (κ2) is 7.77. The van der Waals surface area contributed by atoms with Gasteiger partial charge in [-0.1, -0.05) is 18.0 Å². The molecule has 1 aliphatic carbocycles. The van der Waals surface area contributed by atoms with Gasteiger partial charge in [-0.3, -0.25) is 4.99 Å². The fourth-order valence-electron chi connectivity index (χ4n) is 2.73. The summed E-state index contributed by atoms with van der Waals surface area (Å²) in [5.74, 6) is 2.99. The minimum absolute atomic E-state index is 0.596. The Balaban J connectivity index is 1.58. The van der Waals surface area contributed by atoms with Crippen molar-refractivity contribution < 1.29 is 9.47 Å². The van der Waals surface area contributed by atoms with Crippen molar-refractivity contribution in [3.63, 3.8) is 0 Å². The zero-order chi connectivity index (χ0) is 16.1. The van der Waals surface area contributed by atoms with Crippen LogP contribution >= 0.6 is 11.6 Å². The zero-order valence-corrected chi connectivity index (χ0v) is 14.3. The summed E-state index contributed by atoms with van der Waals surface area (Å²) in [5.41, 5.74) is 1.05. The average Bonchev–Trinajstić information content (AvgIpc) is 2.74. The summed E-state index contributed by atoms with van der Waals surface area (Å²) in [6.07, 6.45) is 4.87. The molecule has 5 nitrogen and oxygen atoms in total. The van der Waals surface area contributed by atoms with Crippen molar-refractivity contribution in [3.05, 3.63) is 22.7 Å². The predicted molar refractivity (Wildman–Crippen MR) is 92.6 cm³/mol. The van der Waals surface area contributed by atoms with E-state index in [-0.39, 0.29) is 0 Å². The van der Waals surface area contributed by atoms with Gasteiger partial charge in [0.15, 0.2) is 17.5 Å². The molecule has 2 aliphatic rings.